The molecule has 0 N–H and O–H groups in total. The molecule has 0 spiro atoms. The van der Waals surface area contributed by atoms with Crippen LogP contribution in [0.4, 0.5) is 0 Å². The van der Waals surface area contributed by atoms with Gasteiger partial charge in [-0.25, -0.2) is 0 Å². The molecule has 0 heterocycles. The molecule has 1 aliphatic carbocycles. The van der Waals surface area contributed by atoms with Gasteiger partial charge in [0.15, 0.2) is 0 Å². The van der Waals surface area contributed by atoms with E-state index in [2.05, 4.69) is 19.9 Å². The topological polar surface area (TPSA) is 23.8 Å². The fraction of sp³-hybridized carbons (Fsp3) is 0.944. The first kappa shape index (κ1) is 16.5. The van der Waals surface area contributed by atoms with E-state index in [-0.39, 0.29) is 5.41 Å². The van der Waals surface area contributed by atoms with Gasteiger partial charge in [0.2, 0.25) is 0 Å². The normalized spacial score (nSPS) is 27.1. The summed E-state index contributed by atoms with van der Waals surface area (Å²) in [6, 6.07) is 2.66. The van der Waals surface area contributed by atoms with Crippen LogP contribution in [0.15, 0.2) is 0 Å². The van der Waals surface area contributed by atoms with E-state index in [1.54, 1.807) is 0 Å². The first-order valence-electron chi connectivity index (χ1n) is 8.64. The van der Waals surface area contributed by atoms with Crippen LogP contribution in [-0.2, 0) is 0 Å². The quantitative estimate of drug-likeness (QED) is 0.452. The van der Waals surface area contributed by atoms with Crippen molar-refractivity contribution in [1.29, 1.82) is 5.26 Å². The second kappa shape index (κ2) is 9.40. The molecule has 1 saturated carbocycles. The second-order valence-electron chi connectivity index (χ2n) is 6.80. The molecule has 0 radical (unpaired) electrons. The van der Waals surface area contributed by atoms with Gasteiger partial charge in [-0.1, -0.05) is 65.2 Å². The van der Waals surface area contributed by atoms with Crippen molar-refractivity contribution < 1.29 is 0 Å². The molecule has 0 amide bonds. The first-order chi connectivity index (χ1) is 9.22. The zero-order valence-electron chi connectivity index (χ0n) is 13.2. The van der Waals surface area contributed by atoms with E-state index in [1.165, 1.54) is 64.2 Å². The van der Waals surface area contributed by atoms with E-state index in [0.29, 0.717) is 0 Å². The molecule has 1 heteroatoms. The van der Waals surface area contributed by atoms with Gasteiger partial charge in [-0.15, -0.1) is 0 Å². The molecule has 0 bridgehead atoms. The van der Waals surface area contributed by atoms with Gasteiger partial charge in [0, 0.05) is 0 Å². The summed E-state index contributed by atoms with van der Waals surface area (Å²) in [6.07, 6.45) is 17.0. The summed E-state index contributed by atoms with van der Waals surface area (Å²) < 4.78 is 0. The van der Waals surface area contributed by atoms with Crippen molar-refractivity contribution in [1.82, 2.24) is 0 Å². The van der Waals surface area contributed by atoms with Gasteiger partial charge in [-0.3, -0.25) is 0 Å². The summed E-state index contributed by atoms with van der Waals surface area (Å²) >= 11 is 0. The average molecular weight is 263 g/mol. The van der Waals surface area contributed by atoms with Gasteiger partial charge < -0.3 is 0 Å². The average Bonchev–Trinajstić information content (AvgIpc) is 2.44. The van der Waals surface area contributed by atoms with Crippen LogP contribution in [0.2, 0.25) is 0 Å². The maximum absolute atomic E-state index is 9.48. The molecule has 0 aliphatic heterocycles. The monoisotopic (exact) mass is 263 g/mol. The van der Waals surface area contributed by atoms with Crippen molar-refractivity contribution in [2.75, 3.05) is 0 Å². The number of hydrogen-bond donors (Lipinski definition) is 0. The molecule has 0 aromatic carbocycles. The van der Waals surface area contributed by atoms with Gasteiger partial charge in [-0.05, 0) is 38.0 Å². The van der Waals surface area contributed by atoms with Crippen molar-refractivity contribution in [3.63, 3.8) is 0 Å². The highest BCUT2D eigenvalue weighted by Crippen LogP contribution is 2.42. The van der Waals surface area contributed by atoms with E-state index in [9.17, 15) is 5.26 Å². The standard InChI is InChI=1S/C18H33N/c1-3-4-5-6-7-8-9-10-13-18(16-19)14-11-17(2)12-15-18/h17H,3-15H2,1-2H3. The van der Waals surface area contributed by atoms with Gasteiger partial charge in [0.1, 0.15) is 0 Å². The van der Waals surface area contributed by atoms with E-state index < -0.39 is 0 Å². The van der Waals surface area contributed by atoms with Gasteiger partial charge in [-0.2, -0.15) is 5.26 Å². The molecule has 1 aliphatic rings. The Balaban J connectivity index is 2.06. The van der Waals surface area contributed by atoms with Crippen molar-refractivity contribution in [3.05, 3.63) is 0 Å². The van der Waals surface area contributed by atoms with Gasteiger partial charge >= 0.3 is 0 Å². The molecular weight excluding hydrogens is 230 g/mol. The van der Waals surface area contributed by atoms with E-state index in [4.69, 9.17) is 0 Å². The van der Waals surface area contributed by atoms with Crippen LogP contribution in [0.25, 0.3) is 0 Å². The van der Waals surface area contributed by atoms with Crippen LogP contribution in [0.1, 0.15) is 97.3 Å². The Morgan fingerprint density at radius 3 is 2.00 bits per heavy atom. The Kier molecular flexibility index (Phi) is 8.19. The Labute approximate surface area is 120 Å². The summed E-state index contributed by atoms with van der Waals surface area (Å²) in [7, 11) is 0. The Morgan fingerprint density at radius 1 is 0.947 bits per heavy atom. The largest absolute Gasteiger partial charge is 0.198 e. The minimum absolute atomic E-state index is 0.0503. The first-order valence-corrected chi connectivity index (χ1v) is 8.64. The van der Waals surface area contributed by atoms with E-state index in [0.717, 1.165) is 25.2 Å². The van der Waals surface area contributed by atoms with Crippen molar-refractivity contribution >= 4 is 0 Å². The van der Waals surface area contributed by atoms with Crippen LogP contribution < -0.4 is 0 Å². The summed E-state index contributed by atoms with van der Waals surface area (Å²) in [6.45, 7) is 4.60. The lowest BCUT2D eigenvalue weighted by Gasteiger charge is -2.33. The maximum atomic E-state index is 9.48. The SMILES string of the molecule is CCCCCCCCCCC1(C#N)CCC(C)CC1. The highest BCUT2D eigenvalue weighted by Gasteiger charge is 2.33. The molecule has 0 unspecified atom stereocenters. The van der Waals surface area contributed by atoms with Crippen LogP contribution in [0, 0.1) is 22.7 Å². The smallest absolute Gasteiger partial charge is 0.0689 e. The summed E-state index contributed by atoms with van der Waals surface area (Å²) in [5.74, 6) is 0.847. The predicted octanol–water partition coefficient (Wildman–Crippen LogP) is 6.24. The van der Waals surface area contributed by atoms with E-state index in [1.807, 2.05) is 0 Å². The fourth-order valence-electron chi connectivity index (χ4n) is 3.33. The molecule has 1 fully saturated rings. The minimum atomic E-state index is 0.0503. The van der Waals surface area contributed by atoms with Crippen molar-refractivity contribution in [2.24, 2.45) is 11.3 Å². The maximum Gasteiger partial charge on any atom is 0.0689 e. The molecule has 110 valence electrons. The number of nitrogens with zero attached hydrogens (tertiary/aromatic N) is 1. The fourth-order valence-corrected chi connectivity index (χ4v) is 3.33. The van der Waals surface area contributed by atoms with Crippen molar-refractivity contribution in [2.45, 2.75) is 97.3 Å². The number of unbranched alkanes of at least 4 members (excludes halogenated alkanes) is 7. The zero-order chi connectivity index (χ0) is 14.0. The summed E-state index contributed by atoms with van der Waals surface area (Å²) in [5, 5.41) is 9.48. The number of rotatable bonds is 9. The number of hydrogen-bond acceptors (Lipinski definition) is 1. The van der Waals surface area contributed by atoms with Gasteiger partial charge in [0.05, 0.1) is 11.5 Å². The van der Waals surface area contributed by atoms with Crippen molar-refractivity contribution in [3.8, 4) is 6.07 Å². The predicted molar refractivity (Wildman–Crippen MR) is 82.9 cm³/mol. The summed E-state index contributed by atoms with van der Waals surface area (Å²) in [5.41, 5.74) is 0.0503. The number of nitriles is 1. The Hall–Kier alpha value is -0.510. The zero-order valence-corrected chi connectivity index (χ0v) is 13.2. The second-order valence-corrected chi connectivity index (χ2v) is 6.80. The lowest BCUT2D eigenvalue weighted by molar-refractivity contribution is 0.201. The molecule has 1 rings (SSSR count). The minimum Gasteiger partial charge on any atom is -0.198 e. The molecule has 0 saturated heterocycles. The molecule has 19 heavy (non-hydrogen) atoms. The lowest BCUT2D eigenvalue weighted by atomic mass is 9.69. The van der Waals surface area contributed by atoms with Crippen LogP contribution in [0.3, 0.4) is 0 Å². The highest BCUT2D eigenvalue weighted by molar-refractivity contribution is 5.01. The molecule has 0 aromatic heterocycles. The third-order valence-electron chi connectivity index (χ3n) is 4.98. The Morgan fingerprint density at radius 2 is 1.47 bits per heavy atom. The molecule has 0 atom stereocenters. The van der Waals surface area contributed by atoms with Gasteiger partial charge in [0.25, 0.3) is 0 Å². The summed E-state index contributed by atoms with van der Waals surface area (Å²) in [4.78, 5) is 0. The lowest BCUT2D eigenvalue weighted by Crippen LogP contribution is -2.25. The van der Waals surface area contributed by atoms with E-state index >= 15 is 0 Å². The Bertz CT molecular complexity index is 255. The third-order valence-corrected chi connectivity index (χ3v) is 4.98. The molecular formula is C18H33N. The van der Waals surface area contributed by atoms with Crippen LogP contribution in [0.5, 0.6) is 0 Å². The van der Waals surface area contributed by atoms with Crippen LogP contribution >= 0.6 is 0 Å². The highest BCUT2D eigenvalue weighted by atomic mass is 14.4. The third kappa shape index (κ3) is 6.46. The molecule has 0 aromatic rings. The molecule has 1 nitrogen and oxygen atoms in total. The van der Waals surface area contributed by atoms with Crippen LogP contribution in [-0.4, -0.2) is 0 Å².